The van der Waals surface area contributed by atoms with Crippen LogP contribution in [0.5, 0.6) is 5.75 Å². The molecule has 3 aliphatic rings. The minimum Gasteiger partial charge on any atom is -0.405 e. The third-order valence-corrected chi connectivity index (χ3v) is 8.56. The van der Waals surface area contributed by atoms with Gasteiger partial charge in [0, 0.05) is 36.6 Å². The van der Waals surface area contributed by atoms with Gasteiger partial charge in [0.1, 0.15) is 17.0 Å². The predicted octanol–water partition coefficient (Wildman–Crippen LogP) is 4.06. The average Bonchev–Trinajstić information content (AvgIpc) is 3.60. The van der Waals surface area contributed by atoms with Gasteiger partial charge in [-0.2, -0.15) is 5.10 Å². The monoisotopic (exact) mass is 572 g/mol. The Morgan fingerprint density at radius 3 is 2.61 bits per heavy atom. The lowest BCUT2D eigenvalue weighted by molar-refractivity contribution is -0.274. The summed E-state index contributed by atoms with van der Waals surface area (Å²) in [5.74, 6) is 4.89. The second kappa shape index (κ2) is 9.69. The number of nitrogens with two attached hydrogens (primary N) is 1. The lowest BCUT2D eigenvalue weighted by Gasteiger charge is -2.37. The molecule has 218 valence electrons. The average molecular weight is 573 g/mol. The third-order valence-electron chi connectivity index (χ3n) is 8.56. The fraction of sp³-hybridized carbons (Fsp3) is 0.500. The molecule has 1 aliphatic heterocycles. The predicted molar refractivity (Wildman–Crippen MR) is 140 cm³/mol. The van der Waals surface area contributed by atoms with E-state index < -0.39 is 29.5 Å². The fourth-order valence-electron chi connectivity index (χ4n) is 6.03. The molecule has 1 atom stereocenters. The maximum atomic E-state index is 13.9. The molecule has 41 heavy (non-hydrogen) atoms. The van der Waals surface area contributed by atoms with E-state index in [1.807, 2.05) is 6.92 Å². The van der Waals surface area contributed by atoms with Gasteiger partial charge in [-0.15, -0.1) is 13.2 Å². The quantitative estimate of drug-likeness (QED) is 0.259. The molecule has 1 aromatic carbocycles. The Morgan fingerprint density at radius 1 is 1.24 bits per heavy atom. The van der Waals surface area contributed by atoms with Gasteiger partial charge in [-0.25, -0.2) is 15.3 Å². The van der Waals surface area contributed by atoms with Crippen LogP contribution in [0.3, 0.4) is 0 Å². The van der Waals surface area contributed by atoms with Crippen molar-refractivity contribution in [2.24, 2.45) is 11.8 Å². The van der Waals surface area contributed by atoms with Crippen molar-refractivity contribution in [3.05, 3.63) is 47.3 Å². The highest BCUT2D eigenvalue weighted by Gasteiger charge is 2.43. The highest BCUT2D eigenvalue weighted by molar-refractivity contribution is 6.06. The molecule has 0 radical (unpaired) electrons. The maximum Gasteiger partial charge on any atom is 0.573 e. The Labute approximate surface area is 233 Å². The van der Waals surface area contributed by atoms with Crippen LogP contribution in [0, 0.1) is 5.92 Å². The minimum atomic E-state index is -5.04. The van der Waals surface area contributed by atoms with E-state index in [9.17, 15) is 27.9 Å². The Bertz CT molecular complexity index is 1520. The molecule has 6 rings (SSSR count). The molecule has 2 saturated carbocycles. The molecule has 2 aliphatic carbocycles. The number of aromatic nitrogens is 3. The van der Waals surface area contributed by atoms with Crippen molar-refractivity contribution in [1.82, 2.24) is 24.5 Å². The number of carbonyl (C=O) groups is 2. The van der Waals surface area contributed by atoms with Gasteiger partial charge in [-0.1, -0.05) is 0 Å². The Morgan fingerprint density at radius 2 is 1.95 bits per heavy atom. The van der Waals surface area contributed by atoms with Crippen molar-refractivity contribution >= 4 is 17.5 Å². The number of nitrogens with zero attached hydrogens (tertiary/aromatic N) is 5. The van der Waals surface area contributed by atoms with E-state index in [-0.39, 0.29) is 46.7 Å². The van der Waals surface area contributed by atoms with Crippen LogP contribution in [0.1, 0.15) is 78.7 Å². The first-order chi connectivity index (χ1) is 19.3. The summed E-state index contributed by atoms with van der Waals surface area (Å²) in [7, 11) is 0. The number of hydrazine groups is 1. The first-order valence-electron chi connectivity index (χ1n) is 13.7. The number of carbonyl (C=O) groups excluding carboxylic acids is 2. The number of hydrogen-bond acceptors (Lipinski definition) is 7. The second-order valence-electron chi connectivity index (χ2n) is 11.6. The number of fused-ring (bicyclic) bond motifs is 2. The number of benzene rings is 1. The van der Waals surface area contributed by atoms with Crippen LogP contribution in [0.15, 0.2) is 30.6 Å². The smallest absolute Gasteiger partial charge is 0.405 e. The van der Waals surface area contributed by atoms with E-state index >= 15 is 0 Å². The second-order valence-corrected chi connectivity index (χ2v) is 11.6. The molecule has 10 nitrogen and oxygen atoms in total. The number of amides is 2. The van der Waals surface area contributed by atoms with Crippen LogP contribution in [0.4, 0.5) is 13.2 Å². The van der Waals surface area contributed by atoms with E-state index in [2.05, 4.69) is 14.8 Å². The van der Waals surface area contributed by atoms with Crippen LogP contribution >= 0.6 is 0 Å². The summed E-state index contributed by atoms with van der Waals surface area (Å²) in [6.07, 6.45) is 1.83. The Balaban J connectivity index is 1.44. The van der Waals surface area contributed by atoms with Crippen molar-refractivity contribution in [3.63, 3.8) is 0 Å². The summed E-state index contributed by atoms with van der Waals surface area (Å²) in [5.41, 5.74) is -0.155. The molecule has 3 heterocycles. The third kappa shape index (κ3) is 5.12. The highest BCUT2D eigenvalue weighted by atomic mass is 19.4. The van der Waals surface area contributed by atoms with Crippen molar-refractivity contribution < 1.29 is 32.6 Å². The molecule has 2 amide bonds. The first kappa shape index (κ1) is 27.5. The molecule has 2 fully saturated rings. The van der Waals surface area contributed by atoms with Crippen LogP contribution in [0.25, 0.3) is 16.9 Å². The molecule has 0 saturated heterocycles. The maximum absolute atomic E-state index is 13.9. The van der Waals surface area contributed by atoms with E-state index in [0.717, 1.165) is 23.9 Å². The zero-order valence-electron chi connectivity index (χ0n) is 22.7. The molecule has 0 bridgehead atoms. The number of alkyl halides is 3. The normalized spacial score (nSPS) is 23.5. The lowest BCUT2D eigenvalue weighted by atomic mass is 9.83. The molecule has 2 aromatic heterocycles. The summed E-state index contributed by atoms with van der Waals surface area (Å²) < 4.78 is 46.3. The van der Waals surface area contributed by atoms with Crippen molar-refractivity contribution in [3.8, 4) is 17.0 Å². The first-order valence-corrected chi connectivity index (χ1v) is 13.7. The van der Waals surface area contributed by atoms with Gasteiger partial charge in [0.15, 0.2) is 5.65 Å². The van der Waals surface area contributed by atoms with Crippen LogP contribution in [-0.4, -0.2) is 65.5 Å². The van der Waals surface area contributed by atoms with Gasteiger partial charge in [-0.05, 0) is 82.1 Å². The lowest BCUT2D eigenvalue weighted by Crippen LogP contribution is -2.49. The van der Waals surface area contributed by atoms with Gasteiger partial charge in [0.2, 0.25) is 0 Å². The zero-order chi connectivity index (χ0) is 29.3. The summed E-state index contributed by atoms with van der Waals surface area (Å²) in [6, 6.07) is 3.82. The number of ether oxygens (including phenoxy) is 1. The van der Waals surface area contributed by atoms with Gasteiger partial charge in [0.05, 0.1) is 11.2 Å². The number of rotatable bonds is 6. The summed E-state index contributed by atoms with van der Waals surface area (Å²) in [6.45, 7) is 3.76. The molecular weight excluding hydrogens is 541 g/mol. The highest BCUT2D eigenvalue weighted by Crippen LogP contribution is 2.43. The summed E-state index contributed by atoms with van der Waals surface area (Å²) in [4.78, 5) is 33.1. The number of halogens is 3. The summed E-state index contributed by atoms with van der Waals surface area (Å²) >= 11 is 0. The van der Waals surface area contributed by atoms with Gasteiger partial charge < -0.3 is 14.7 Å². The Hall–Kier alpha value is -3.71. The largest absolute Gasteiger partial charge is 0.573 e. The van der Waals surface area contributed by atoms with E-state index in [1.54, 1.807) is 30.2 Å². The van der Waals surface area contributed by atoms with Crippen LogP contribution < -0.4 is 10.6 Å². The molecule has 3 aromatic rings. The fourth-order valence-corrected chi connectivity index (χ4v) is 6.03. The SMILES string of the molecule is C[C@@H](C1CC1)N1Cc2cc(-c3nn4cccnc4c3C(=O)N(N)C3CCC(C)(O)CC3)cc(OC(F)(F)F)c2C1=O. The standard InChI is InChI=1S/C28H31F3N6O4/c1-15(16-4-5-16)35-14-18-12-17(13-20(21(18)25(35)38)41-28(29,30)31)23-22(24-33-10-3-11-36(24)34-23)26(39)37(32)19-6-8-27(2,40)9-7-19/h3,10-13,15-16,19,40H,4-9,14,32H2,1-2H3/t15-,19?,27?/m0/s1. The van der Waals surface area contributed by atoms with Crippen LogP contribution in [0.2, 0.25) is 0 Å². The van der Waals surface area contributed by atoms with E-state index in [1.165, 1.54) is 10.7 Å². The molecule has 13 heteroatoms. The molecular formula is C28H31F3N6O4. The molecule has 3 N–H and O–H groups in total. The van der Waals surface area contributed by atoms with Crippen LogP contribution in [-0.2, 0) is 6.54 Å². The topological polar surface area (TPSA) is 126 Å². The number of aliphatic hydroxyl groups is 1. The van der Waals surface area contributed by atoms with Crippen molar-refractivity contribution in [2.45, 2.75) is 83.0 Å². The van der Waals surface area contributed by atoms with Crippen molar-refractivity contribution in [2.75, 3.05) is 0 Å². The minimum absolute atomic E-state index is 0.0240. The zero-order valence-corrected chi connectivity index (χ0v) is 22.7. The molecule has 0 unspecified atom stereocenters. The summed E-state index contributed by atoms with van der Waals surface area (Å²) in [5, 5.41) is 15.9. The molecule has 0 spiro atoms. The van der Waals surface area contributed by atoms with Gasteiger partial charge in [0.25, 0.3) is 11.8 Å². The van der Waals surface area contributed by atoms with E-state index in [4.69, 9.17) is 5.84 Å². The van der Waals surface area contributed by atoms with Gasteiger partial charge in [-0.3, -0.25) is 14.6 Å². The Kier molecular flexibility index (Phi) is 6.49. The van der Waals surface area contributed by atoms with E-state index in [0.29, 0.717) is 37.2 Å². The van der Waals surface area contributed by atoms with Gasteiger partial charge >= 0.3 is 6.36 Å². The van der Waals surface area contributed by atoms with Crippen molar-refractivity contribution in [1.29, 1.82) is 0 Å². The number of hydrogen-bond donors (Lipinski definition) is 2.